The van der Waals surface area contributed by atoms with Crippen LogP contribution in [0.15, 0.2) is 24.3 Å². The van der Waals surface area contributed by atoms with Crippen LogP contribution in [0, 0.1) is 11.3 Å². The van der Waals surface area contributed by atoms with Gasteiger partial charge in [0.15, 0.2) is 0 Å². The molecule has 2 unspecified atom stereocenters. The van der Waals surface area contributed by atoms with Gasteiger partial charge in [-0.15, -0.1) is 0 Å². The fraction of sp³-hybridized carbons (Fsp3) is 0.526. The van der Waals surface area contributed by atoms with Crippen molar-refractivity contribution in [1.82, 2.24) is 4.90 Å². The molecule has 2 aliphatic heterocycles. The Labute approximate surface area is 147 Å². The summed E-state index contributed by atoms with van der Waals surface area (Å²) in [6, 6.07) is 7.76. The van der Waals surface area contributed by atoms with E-state index in [9.17, 15) is 19.5 Å². The molecule has 0 aliphatic carbocycles. The van der Waals surface area contributed by atoms with E-state index in [-0.39, 0.29) is 24.8 Å². The molecule has 6 heteroatoms. The highest BCUT2D eigenvalue weighted by Gasteiger charge is 2.45. The highest BCUT2D eigenvalue weighted by molar-refractivity contribution is 6.01. The maximum absolute atomic E-state index is 12.8. The van der Waals surface area contributed by atoms with Crippen molar-refractivity contribution in [1.29, 1.82) is 0 Å². The van der Waals surface area contributed by atoms with Crippen LogP contribution >= 0.6 is 0 Å². The van der Waals surface area contributed by atoms with E-state index in [0.717, 1.165) is 17.7 Å². The molecule has 0 spiro atoms. The Kier molecular flexibility index (Phi) is 4.54. The molecule has 1 N–H and O–H groups in total. The number of carbonyl (C=O) groups excluding carboxylic acids is 2. The number of anilines is 1. The van der Waals surface area contributed by atoms with Gasteiger partial charge in [-0.25, -0.2) is 0 Å². The molecule has 134 valence electrons. The lowest BCUT2D eigenvalue weighted by molar-refractivity contribution is -0.147. The van der Waals surface area contributed by atoms with Crippen molar-refractivity contribution in [3.8, 4) is 0 Å². The first-order valence-corrected chi connectivity index (χ1v) is 8.76. The van der Waals surface area contributed by atoms with Gasteiger partial charge in [0.1, 0.15) is 0 Å². The molecular weight excluding hydrogens is 320 g/mol. The van der Waals surface area contributed by atoms with Crippen molar-refractivity contribution in [2.45, 2.75) is 33.1 Å². The minimum absolute atomic E-state index is 0.0422. The van der Waals surface area contributed by atoms with Crippen LogP contribution in [-0.4, -0.2) is 47.4 Å². The Balaban J connectivity index is 1.73. The van der Waals surface area contributed by atoms with Crippen LogP contribution in [0.5, 0.6) is 0 Å². The molecule has 1 aromatic rings. The molecule has 2 saturated heterocycles. The number of carbonyl (C=O) groups is 3. The highest BCUT2D eigenvalue weighted by atomic mass is 16.4. The molecule has 2 aliphatic rings. The van der Waals surface area contributed by atoms with Gasteiger partial charge in [0.05, 0.1) is 11.3 Å². The smallest absolute Gasteiger partial charge is 0.311 e. The van der Waals surface area contributed by atoms with Crippen LogP contribution in [0.25, 0.3) is 0 Å². The molecule has 0 radical (unpaired) electrons. The number of hydrogen-bond acceptors (Lipinski definition) is 3. The van der Waals surface area contributed by atoms with Gasteiger partial charge in [-0.05, 0) is 31.4 Å². The predicted molar refractivity (Wildman–Crippen MR) is 93.2 cm³/mol. The Morgan fingerprint density at radius 1 is 1.32 bits per heavy atom. The predicted octanol–water partition coefficient (Wildman–Crippen LogP) is 1.93. The second-order valence-electron chi connectivity index (χ2n) is 7.26. The summed E-state index contributed by atoms with van der Waals surface area (Å²) in [6.45, 7) is 4.75. The van der Waals surface area contributed by atoms with E-state index in [1.54, 1.807) is 16.7 Å². The fourth-order valence-corrected chi connectivity index (χ4v) is 3.76. The van der Waals surface area contributed by atoms with Crippen molar-refractivity contribution in [3.05, 3.63) is 29.8 Å². The molecule has 0 aromatic heterocycles. The lowest BCUT2D eigenvalue weighted by atomic mass is 9.90. The van der Waals surface area contributed by atoms with Crippen molar-refractivity contribution < 1.29 is 19.5 Å². The minimum Gasteiger partial charge on any atom is -0.481 e. The van der Waals surface area contributed by atoms with Gasteiger partial charge in [-0.3, -0.25) is 14.4 Å². The van der Waals surface area contributed by atoms with Gasteiger partial charge in [0, 0.05) is 31.7 Å². The summed E-state index contributed by atoms with van der Waals surface area (Å²) in [4.78, 5) is 39.9. The molecule has 2 amide bonds. The second-order valence-corrected chi connectivity index (χ2v) is 7.26. The molecule has 2 heterocycles. The van der Waals surface area contributed by atoms with Crippen LogP contribution < -0.4 is 4.90 Å². The maximum atomic E-state index is 12.8. The molecular formula is C19H24N2O4. The van der Waals surface area contributed by atoms with Crippen LogP contribution in [0.1, 0.15) is 32.3 Å². The number of carboxylic acid groups (broad SMARTS) is 1. The quantitative estimate of drug-likeness (QED) is 0.905. The number of benzene rings is 1. The molecule has 0 bridgehead atoms. The normalized spacial score (nSPS) is 26.3. The molecule has 6 nitrogen and oxygen atoms in total. The summed E-state index contributed by atoms with van der Waals surface area (Å²) in [5.41, 5.74) is 1.08. The second kappa shape index (κ2) is 6.50. The zero-order valence-corrected chi connectivity index (χ0v) is 14.7. The number of nitrogens with zero attached hydrogens (tertiary/aromatic N) is 2. The Hall–Kier alpha value is -2.37. The largest absolute Gasteiger partial charge is 0.481 e. The monoisotopic (exact) mass is 344 g/mol. The summed E-state index contributed by atoms with van der Waals surface area (Å²) in [5.74, 6) is -1.41. The maximum Gasteiger partial charge on any atom is 0.311 e. The van der Waals surface area contributed by atoms with E-state index in [0.29, 0.717) is 19.5 Å². The van der Waals surface area contributed by atoms with Crippen molar-refractivity contribution in [2.24, 2.45) is 11.3 Å². The number of amides is 2. The van der Waals surface area contributed by atoms with Gasteiger partial charge >= 0.3 is 5.97 Å². The number of likely N-dealkylation sites (tertiary alicyclic amines) is 1. The van der Waals surface area contributed by atoms with Crippen molar-refractivity contribution in [2.75, 3.05) is 24.5 Å². The third kappa shape index (κ3) is 3.13. The van der Waals surface area contributed by atoms with E-state index in [1.165, 1.54) is 0 Å². The molecule has 3 rings (SSSR count). The summed E-state index contributed by atoms with van der Waals surface area (Å²) in [5, 5.41) is 9.33. The lowest BCUT2D eigenvalue weighted by Gasteiger charge is -2.23. The highest BCUT2D eigenvalue weighted by Crippen LogP contribution is 2.34. The molecule has 25 heavy (non-hydrogen) atoms. The van der Waals surface area contributed by atoms with E-state index in [4.69, 9.17) is 0 Å². The first-order valence-electron chi connectivity index (χ1n) is 8.76. The standard InChI is InChI=1S/C19H24N2O4/c1-3-13-6-4-5-7-15(13)21-11-14(10-16(21)22)17(23)20-9-8-19(2,12-20)18(24)25/h4-7,14H,3,8-12H2,1-2H3,(H,24,25). The van der Waals surface area contributed by atoms with Crippen LogP contribution in [0.2, 0.25) is 0 Å². The summed E-state index contributed by atoms with van der Waals surface area (Å²) in [6.07, 6.45) is 1.47. The Morgan fingerprint density at radius 2 is 2.04 bits per heavy atom. The molecule has 0 saturated carbocycles. The topological polar surface area (TPSA) is 77.9 Å². The zero-order chi connectivity index (χ0) is 18.2. The minimum atomic E-state index is -0.882. The number of rotatable bonds is 4. The number of aryl methyl sites for hydroxylation is 1. The first kappa shape index (κ1) is 17.5. The van der Waals surface area contributed by atoms with E-state index in [1.807, 2.05) is 31.2 Å². The molecule has 1 aromatic carbocycles. The van der Waals surface area contributed by atoms with Gasteiger partial charge in [-0.1, -0.05) is 25.1 Å². The van der Waals surface area contributed by atoms with E-state index in [2.05, 4.69) is 0 Å². The van der Waals surface area contributed by atoms with Crippen molar-refractivity contribution in [3.63, 3.8) is 0 Å². The Morgan fingerprint density at radius 3 is 2.68 bits per heavy atom. The first-order chi connectivity index (χ1) is 11.9. The van der Waals surface area contributed by atoms with E-state index >= 15 is 0 Å². The lowest BCUT2D eigenvalue weighted by Crippen LogP contribution is -2.39. The number of carboxylic acids is 1. The third-order valence-electron chi connectivity index (χ3n) is 5.44. The zero-order valence-electron chi connectivity index (χ0n) is 14.7. The molecule has 2 atom stereocenters. The van der Waals surface area contributed by atoms with E-state index < -0.39 is 17.3 Å². The number of aliphatic carboxylic acids is 1. The third-order valence-corrected chi connectivity index (χ3v) is 5.44. The van der Waals surface area contributed by atoms with Gasteiger partial charge in [0.25, 0.3) is 0 Å². The summed E-state index contributed by atoms with van der Waals surface area (Å²) < 4.78 is 0. The van der Waals surface area contributed by atoms with Crippen LogP contribution in [-0.2, 0) is 20.8 Å². The average Bonchev–Trinajstić information content (AvgIpc) is 3.18. The average molecular weight is 344 g/mol. The van der Waals surface area contributed by atoms with Crippen LogP contribution in [0.4, 0.5) is 5.69 Å². The van der Waals surface area contributed by atoms with Crippen molar-refractivity contribution >= 4 is 23.5 Å². The summed E-state index contributed by atoms with van der Waals surface area (Å²) in [7, 11) is 0. The molecule has 2 fully saturated rings. The number of para-hydroxylation sites is 1. The van der Waals surface area contributed by atoms with Gasteiger partial charge in [0.2, 0.25) is 11.8 Å². The number of hydrogen-bond donors (Lipinski definition) is 1. The summed E-state index contributed by atoms with van der Waals surface area (Å²) >= 11 is 0. The van der Waals surface area contributed by atoms with Gasteiger partial charge in [-0.2, -0.15) is 0 Å². The van der Waals surface area contributed by atoms with Gasteiger partial charge < -0.3 is 14.9 Å². The Bertz CT molecular complexity index is 717. The van der Waals surface area contributed by atoms with Crippen LogP contribution in [0.3, 0.4) is 0 Å². The fourth-order valence-electron chi connectivity index (χ4n) is 3.76. The SMILES string of the molecule is CCc1ccccc1N1CC(C(=O)N2CCC(C)(C(=O)O)C2)CC1=O.